The van der Waals surface area contributed by atoms with Gasteiger partial charge in [-0.2, -0.15) is 0 Å². The predicted octanol–water partition coefficient (Wildman–Crippen LogP) is 2.45. The number of carbonyl (C=O) groups is 1. The topological polar surface area (TPSA) is 88.3 Å². The number of nitrogens with zero attached hydrogens (tertiary/aromatic N) is 4. The van der Waals surface area contributed by atoms with Crippen LogP contribution in [-0.4, -0.2) is 38.7 Å². The number of piperidine rings is 1. The molecule has 0 amide bonds. The second-order valence-electron chi connectivity index (χ2n) is 7.28. The highest BCUT2D eigenvalue weighted by Gasteiger charge is 2.28. The quantitative estimate of drug-likeness (QED) is 0.750. The lowest BCUT2D eigenvalue weighted by atomic mass is 9.98. The van der Waals surface area contributed by atoms with Crippen LogP contribution in [0.2, 0.25) is 0 Å². The lowest BCUT2D eigenvalue weighted by molar-refractivity contribution is -0.141. The van der Waals surface area contributed by atoms with E-state index in [0.29, 0.717) is 43.0 Å². The molecule has 1 aliphatic rings. The minimum atomic E-state index is -0.827. The highest BCUT2D eigenvalue weighted by atomic mass is 16.4. The summed E-state index contributed by atoms with van der Waals surface area (Å²) in [6, 6.07) is 11.6. The zero-order valence-electron chi connectivity index (χ0n) is 15.7. The number of aryl methyl sites for hydroxylation is 1. The molecule has 4 rings (SSSR count). The first kappa shape index (κ1) is 18.2. The Morgan fingerprint density at radius 3 is 2.79 bits per heavy atom. The van der Waals surface area contributed by atoms with Crippen molar-refractivity contribution in [3.63, 3.8) is 0 Å². The van der Waals surface area contributed by atoms with E-state index in [1.165, 1.54) is 0 Å². The lowest BCUT2D eigenvalue weighted by Gasteiger charge is -2.31. The third-order valence-corrected chi connectivity index (χ3v) is 5.22. The number of benzene rings is 1. The maximum absolute atomic E-state index is 13.3. The Balaban J connectivity index is 1.80. The van der Waals surface area contributed by atoms with Crippen molar-refractivity contribution in [1.82, 2.24) is 14.5 Å². The lowest BCUT2D eigenvalue weighted by Crippen LogP contribution is -2.42. The van der Waals surface area contributed by atoms with Crippen LogP contribution in [0.15, 0.2) is 47.4 Å². The molecule has 1 aromatic carbocycles. The van der Waals surface area contributed by atoms with Gasteiger partial charge in [0.2, 0.25) is 0 Å². The van der Waals surface area contributed by atoms with E-state index in [9.17, 15) is 14.7 Å². The highest BCUT2D eigenvalue weighted by molar-refractivity contribution is 5.73. The monoisotopic (exact) mass is 378 g/mol. The minimum absolute atomic E-state index is 0.238. The van der Waals surface area contributed by atoms with E-state index in [-0.39, 0.29) is 5.56 Å². The van der Waals surface area contributed by atoms with Crippen LogP contribution in [0.3, 0.4) is 0 Å². The van der Waals surface area contributed by atoms with Gasteiger partial charge in [0, 0.05) is 19.3 Å². The molecular formula is C21H22N4O3. The van der Waals surface area contributed by atoms with Gasteiger partial charge in [0.1, 0.15) is 5.52 Å². The second kappa shape index (κ2) is 7.42. The minimum Gasteiger partial charge on any atom is -0.481 e. The van der Waals surface area contributed by atoms with Gasteiger partial charge in [-0.1, -0.05) is 29.8 Å². The average Bonchev–Trinajstić information content (AvgIpc) is 2.71. The number of carboxylic acids is 1. The molecule has 2 aromatic heterocycles. The molecule has 1 fully saturated rings. The Morgan fingerprint density at radius 1 is 1.25 bits per heavy atom. The zero-order valence-corrected chi connectivity index (χ0v) is 15.7. The molecule has 1 atom stereocenters. The average molecular weight is 378 g/mol. The molecule has 0 saturated carbocycles. The standard InChI is InChI=1S/C21H22N4O3/c1-14-6-8-15(9-7-14)12-25-18-17(5-2-10-22-18)23-19(20(25)26)24-11-3-4-16(13-24)21(27)28/h2,5-10,16H,3-4,11-13H2,1H3,(H,27,28). The van der Waals surface area contributed by atoms with Gasteiger partial charge >= 0.3 is 5.97 Å². The number of aliphatic carboxylic acids is 1. The molecule has 3 aromatic rings. The van der Waals surface area contributed by atoms with Crippen LogP contribution in [0.25, 0.3) is 11.2 Å². The summed E-state index contributed by atoms with van der Waals surface area (Å²) in [5.74, 6) is -1.00. The van der Waals surface area contributed by atoms with Crippen LogP contribution in [0, 0.1) is 12.8 Å². The number of fused-ring (bicyclic) bond motifs is 1. The van der Waals surface area contributed by atoms with Crippen LogP contribution >= 0.6 is 0 Å². The third kappa shape index (κ3) is 3.47. The van der Waals surface area contributed by atoms with Crippen LogP contribution in [0.4, 0.5) is 5.82 Å². The van der Waals surface area contributed by atoms with Crippen molar-refractivity contribution >= 4 is 23.0 Å². The van der Waals surface area contributed by atoms with Gasteiger partial charge in [-0.25, -0.2) is 9.97 Å². The van der Waals surface area contributed by atoms with E-state index in [0.717, 1.165) is 17.5 Å². The molecule has 0 radical (unpaired) electrons. The summed E-state index contributed by atoms with van der Waals surface area (Å²) >= 11 is 0. The van der Waals surface area contributed by atoms with E-state index in [1.54, 1.807) is 16.8 Å². The maximum atomic E-state index is 13.3. The smallest absolute Gasteiger partial charge is 0.308 e. The molecule has 3 heterocycles. The van der Waals surface area contributed by atoms with Crippen molar-refractivity contribution in [3.05, 3.63) is 64.1 Å². The Kier molecular flexibility index (Phi) is 4.81. The molecule has 1 N–H and O–H groups in total. The third-order valence-electron chi connectivity index (χ3n) is 5.22. The number of anilines is 1. The number of rotatable bonds is 4. The van der Waals surface area contributed by atoms with Crippen LogP contribution in [0.5, 0.6) is 0 Å². The van der Waals surface area contributed by atoms with Gasteiger partial charge < -0.3 is 10.0 Å². The Morgan fingerprint density at radius 2 is 2.04 bits per heavy atom. The SMILES string of the molecule is Cc1ccc(Cn2c(=O)c(N3CCCC(C(=O)O)C3)nc3cccnc32)cc1. The number of pyridine rings is 1. The van der Waals surface area contributed by atoms with Crippen LogP contribution in [0.1, 0.15) is 24.0 Å². The number of carboxylic acid groups (broad SMARTS) is 1. The van der Waals surface area contributed by atoms with Crippen molar-refractivity contribution < 1.29 is 9.90 Å². The van der Waals surface area contributed by atoms with Gasteiger partial charge in [0.25, 0.3) is 5.56 Å². The van der Waals surface area contributed by atoms with E-state index in [4.69, 9.17) is 0 Å². The number of hydrogen-bond acceptors (Lipinski definition) is 5. The largest absolute Gasteiger partial charge is 0.481 e. The molecule has 144 valence electrons. The molecule has 1 unspecified atom stereocenters. The van der Waals surface area contributed by atoms with Crippen molar-refractivity contribution in [2.75, 3.05) is 18.0 Å². The summed E-state index contributed by atoms with van der Waals surface area (Å²) in [5, 5.41) is 9.38. The van der Waals surface area contributed by atoms with Gasteiger partial charge in [0.15, 0.2) is 11.5 Å². The maximum Gasteiger partial charge on any atom is 0.308 e. The highest BCUT2D eigenvalue weighted by Crippen LogP contribution is 2.21. The molecular weight excluding hydrogens is 356 g/mol. The second-order valence-corrected chi connectivity index (χ2v) is 7.28. The van der Waals surface area contributed by atoms with Crippen molar-refractivity contribution in [2.45, 2.75) is 26.3 Å². The fourth-order valence-electron chi connectivity index (χ4n) is 3.66. The molecule has 7 nitrogen and oxygen atoms in total. The van der Waals surface area contributed by atoms with E-state index >= 15 is 0 Å². The first-order chi connectivity index (χ1) is 13.5. The van der Waals surface area contributed by atoms with Crippen molar-refractivity contribution in [2.24, 2.45) is 5.92 Å². The van der Waals surface area contributed by atoms with E-state index < -0.39 is 11.9 Å². The normalized spacial score (nSPS) is 17.0. The molecule has 0 spiro atoms. The van der Waals surface area contributed by atoms with Gasteiger partial charge in [-0.15, -0.1) is 0 Å². The first-order valence-corrected chi connectivity index (χ1v) is 9.42. The molecule has 1 aliphatic heterocycles. The number of hydrogen-bond donors (Lipinski definition) is 1. The summed E-state index contributed by atoms with van der Waals surface area (Å²) < 4.78 is 1.63. The summed E-state index contributed by atoms with van der Waals surface area (Å²) in [6.07, 6.45) is 3.00. The fourth-order valence-corrected chi connectivity index (χ4v) is 3.66. The molecule has 7 heteroatoms. The predicted molar refractivity (Wildman–Crippen MR) is 107 cm³/mol. The Hall–Kier alpha value is -3.22. The first-order valence-electron chi connectivity index (χ1n) is 9.42. The fraction of sp³-hybridized carbons (Fsp3) is 0.333. The summed E-state index contributed by atoms with van der Waals surface area (Å²) in [4.78, 5) is 35.5. The van der Waals surface area contributed by atoms with Crippen molar-refractivity contribution in [3.8, 4) is 0 Å². The summed E-state index contributed by atoms with van der Waals surface area (Å²) in [6.45, 7) is 3.33. The van der Waals surface area contributed by atoms with Gasteiger partial charge in [0.05, 0.1) is 12.5 Å². The van der Waals surface area contributed by atoms with Crippen molar-refractivity contribution in [1.29, 1.82) is 0 Å². The Labute approximate surface area is 162 Å². The number of aromatic nitrogens is 3. The molecule has 0 bridgehead atoms. The van der Waals surface area contributed by atoms with E-state index in [1.807, 2.05) is 42.2 Å². The molecule has 1 saturated heterocycles. The van der Waals surface area contributed by atoms with Gasteiger partial charge in [-0.3, -0.25) is 14.2 Å². The molecule has 28 heavy (non-hydrogen) atoms. The van der Waals surface area contributed by atoms with Gasteiger partial charge in [-0.05, 0) is 37.5 Å². The van der Waals surface area contributed by atoms with Crippen LogP contribution < -0.4 is 10.5 Å². The Bertz CT molecular complexity index is 1080. The molecule has 0 aliphatic carbocycles. The zero-order chi connectivity index (χ0) is 19.7. The summed E-state index contributed by atoms with van der Waals surface area (Å²) in [5.41, 5.74) is 3.07. The van der Waals surface area contributed by atoms with Crippen LogP contribution in [-0.2, 0) is 11.3 Å². The summed E-state index contributed by atoms with van der Waals surface area (Å²) in [7, 11) is 0. The van der Waals surface area contributed by atoms with E-state index in [2.05, 4.69) is 9.97 Å².